The van der Waals surface area contributed by atoms with Crippen LogP contribution < -0.4 is 0 Å². The van der Waals surface area contributed by atoms with Crippen LogP contribution in [0.15, 0.2) is 53.4 Å². The molecule has 1 aromatic carbocycles. The van der Waals surface area contributed by atoms with Gasteiger partial charge in [0.2, 0.25) is 0 Å². The molecule has 6 nitrogen and oxygen atoms in total. The Bertz CT molecular complexity index is 862. The summed E-state index contributed by atoms with van der Waals surface area (Å²) in [6.07, 6.45) is 5.59. The van der Waals surface area contributed by atoms with Crippen LogP contribution in [0.4, 0.5) is 0 Å². The molecule has 0 saturated carbocycles. The molecule has 1 amide bonds. The summed E-state index contributed by atoms with van der Waals surface area (Å²) in [6.45, 7) is 2.46. The lowest BCUT2D eigenvalue weighted by molar-refractivity contribution is 0.0736. The molecule has 0 unspecified atom stereocenters. The fourth-order valence-corrected chi connectivity index (χ4v) is 3.25. The van der Waals surface area contributed by atoms with Gasteiger partial charge in [0.05, 0.1) is 37.4 Å². The number of nitrogens with zero attached hydrogens (tertiary/aromatic N) is 3. The maximum Gasteiger partial charge on any atom is 0.255 e. The molecule has 0 bridgehead atoms. The number of benzene rings is 1. The van der Waals surface area contributed by atoms with Gasteiger partial charge in [-0.05, 0) is 30.2 Å². The van der Waals surface area contributed by atoms with E-state index >= 15 is 0 Å². The van der Waals surface area contributed by atoms with Gasteiger partial charge in [0.1, 0.15) is 5.58 Å². The van der Waals surface area contributed by atoms with Gasteiger partial charge in [0.25, 0.3) is 5.91 Å². The average molecular weight is 337 g/mol. The Morgan fingerprint density at radius 2 is 2.20 bits per heavy atom. The summed E-state index contributed by atoms with van der Waals surface area (Å²) >= 11 is 0. The van der Waals surface area contributed by atoms with E-state index in [1.807, 2.05) is 11.0 Å². The molecule has 0 radical (unpaired) electrons. The first-order chi connectivity index (χ1) is 12.3. The average Bonchev–Trinajstić information content (AvgIpc) is 2.99. The van der Waals surface area contributed by atoms with E-state index in [0.717, 1.165) is 17.4 Å². The molecule has 0 aliphatic carbocycles. The number of hydrogen-bond donors (Lipinski definition) is 0. The van der Waals surface area contributed by atoms with Crippen molar-refractivity contribution in [1.29, 1.82) is 0 Å². The van der Waals surface area contributed by atoms with Crippen molar-refractivity contribution < 1.29 is 13.9 Å². The van der Waals surface area contributed by atoms with E-state index in [9.17, 15) is 4.79 Å². The molecular formula is C19H19N3O3. The largest absolute Gasteiger partial charge is 0.464 e. The molecule has 1 aliphatic rings. The Labute approximate surface area is 145 Å². The third-order valence-electron chi connectivity index (χ3n) is 4.50. The highest BCUT2D eigenvalue weighted by molar-refractivity contribution is 5.93. The van der Waals surface area contributed by atoms with Gasteiger partial charge in [0, 0.05) is 24.4 Å². The minimum absolute atomic E-state index is 0.0214. The smallest absolute Gasteiger partial charge is 0.255 e. The number of furan rings is 1. The fourth-order valence-electron chi connectivity index (χ4n) is 3.25. The first kappa shape index (κ1) is 15.8. The molecule has 0 spiro atoms. The highest BCUT2D eigenvalue weighted by atomic mass is 16.5. The van der Waals surface area contributed by atoms with Gasteiger partial charge in [-0.1, -0.05) is 12.1 Å². The molecule has 4 rings (SSSR count). The number of aromatic nitrogens is 2. The van der Waals surface area contributed by atoms with Crippen molar-refractivity contribution in [2.75, 3.05) is 26.3 Å². The standard InChI is InChI=1S/C19H19N3O3/c23-19(17-3-5-20-21-11-17)22-6-8-24-13-15(12-22)9-14-1-2-16-4-7-25-18(16)10-14/h1-5,7,10-11,15H,6,8-9,12-13H2/t15-/m0/s1. The lowest BCUT2D eigenvalue weighted by Crippen LogP contribution is -2.36. The van der Waals surface area contributed by atoms with Gasteiger partial charge in [0.15, 0.2) is 0 Å². The third kappa shape index (κ3) is 3.53. The quantitative estimate of drug-likeness (QED) is 0.735. The Morgan fingerprint density at radius 1 is 1.24 bits per heavy atom. The summed E-state index contributed by atoms with van der Waals surface area (Å²) in [5.74, 6) is 0.223. The Hall–Kier alpha value is -2.73. The van der Waals surface area contributed by atoms with Gasteiger partial charge in [-0.15, -0.1) is 0 Å². The van der Waals surface area contributed by atoms with Crippen LogP contribution in [0.25, 0.3) is 11.0 Å². The number of ether oxygens (including phenoxy) is 1. The molecule has 3 aromatic rings. The molecule has 25 heavy (non-hydrogen) atoms. The maximum absolute atomic E-state index is 12.7. The Kier molecular flexibility index (Phi) is 4.43. The molecule has 1 atom stereocenters. The maximum atomic E-state index is 12.7. The number of hydrogen-bond acceptors (Lipinski definition) is 5. The van der Waals surface area contributed by atoms with Crippen molar-refractivity contribution in [3.05, 3.63) is 60.1 Å². The van der Waals surface area contributed by atoms with Crippen LogP contribution in [0.2, 0.25) is 0 Å². The molecule has 1 fully saturated rings. The van der Waals surface area contributed by atoms with Gasteiger partial charge >= 0.3 is 0 Å². The highest BCUT2D eigenvalue weighted by Crippen LogP contribution is 2.21. The number of amides is 1. The van der Waals surface area contributed by atoms with Crippen LogP contribution in [0.5, 0.6) is 0 Å². The van der Waals surface area contributed by atoms with Crippen LogP contribution >= 0.6 is 0 Å². The minimum Gasteiger partial charge on any atom is -0.464 e. The second-order valence-corrected chi connectivity index (χ2v) is 6.32. The van der Waals surface area contributed by atoms with Crippen molar-refractivity contribution in [1.82, 2.24) is 15.1 Å². The van der Waals surface area contributed by atoms with Crippen LogP contribution in [0, 0.1) is 5.92 Å². The molecule has 1 aliphatic heterocycles. The van der Waals surface area contributed by atoms with Gasteiger partial charge in [-0.2, -0.15) is 10.2 Å². The molecule has 6 heteroatoms. The summed E-state index contributed by atoms with van der Waals surface area (Å²) in [5, 5.41) is 8.62. The predicted molar refractivity (Wildman–Crippen MR) is 92.2 cm³/mol. The van der Waals surface area contributed by atoms with Crippen molar-refractivity contribution >= 4 is 16.9 Å². The zero-order valence-corrected chi connectivity index (χ0v) is 13.8. The van der Waals surface area contributed by atoms with Crippen molar-refractivity contribution in [2.45, 2.75) is 6.42 Å². The van der Waals surface area contributed by atoms with Gasteiger partial charge < -0.3 is 14.1 Å². The fraction of sp³-hybridized carbons (Fsp3) is 0.316. The zero-order valence-electron chi connectivity index (χ0n) is 13.8. The second-order valence-electron chi connectivity index (χ2n) is 6.32. The predicted octanol–water partition coefficient (Wildman–Crippen LogP) is 2.55. The first-order valence-electron chi connectivity index (χ1n) is 8.39. The van der Waals surface area contributed by atoms with Crippen LogP contribution in [-0.4, -0.2) is 47.3 Å². The second kappa shape index (κ2) is 7.03. The zero-order chi connectivity index (χ0) is 17.1. The van der Waals surface area contributed by atoms with Gasteiger partial charge in [-0.3, -0.25) is 4.79 Å². The van der Waals surface area contributed by atoms with E-state index in [2.05, 4.69) is 28.4 Å². The van der Waals surface area contributed by atoms with Crippen molar-refractivity contribution in [3.63, 3.8) is 0 Å². The third-order valence-corrected chi connectivity index (χ3v) is 4.50. The molecule has 2 aromatic heterocycles. The molecule has 128 valence electrons. The monoisotopic (exact) mass is 337 g/mol. The van der Waals surface area contributed by atoms with E-state index in [0.29, 0.717) is 31.9 Å². The number of rotatable bonds is 3. The lowest BCUT2D eigenvalue weighted by atomic mass is 9.98. The minimum atomic E-state index is -0.0214. The summed E-state index contributed by atoms with van der Waals surface area (Å²) in [5.41, 5.74) is 2.64. The van der Waals surface area contributed by atoms with Crippen molar-refractivity contribution in [2.24, 2.45) is 5.92 Å². The number of carbonyl (C=O) groups excluding carboxylic acids is 1. The van der Waals surface area contributed by atoms with E-state index in [-0.39, 0.29) is 11.8 Å². The van der Waals surface area contributed by atoms with E-state index in [1.165, 1.54) is 18.0 Å². The first-order valence-corrected chi connectivity index (χ1v) is 8.39. The van der Waals surface area contributed by atoms with E-state index < -0.39 is 0 Å². The normalized spacial score (nSPS) is 18.2. The lowest BCUT2D eigenvalue weighted by Gasteiger charge is -2.23. The van der Waals surface area contributed by atoms with Gasteiger partial charge in [-0.25, -0.2) is 0 Å². The summed E-state index contributed by atoms with van der Waals surface area (Å²) in [4.78, 5) is 14.5. The summed E-state index contributed by atoms with van der Waals surface area (Å²) in [6, 6.07) is 9.90. The van der Waals surface area contributed by atoms with Crippen LogP contribution in [-0.2, 0) is 11.2 Å². The molecular weight excluding hydrogens is 318 g/mol. The van der Waals surface area contributed by atoms with Crippen LogP contribution in [0.1, 0.15) is 15.9 Å². The van der Waals surface area contributed by atoms with E-state index in [4.69, 9.17) is 9.15 Å². The van der Waals surface area contributed by atoms with Crippen molar-refractivity contribution in [3.8, 4) is 0 Å². The topological polar surface area (TPSA) is 68.5 Å². The molecule has 1 saturated heterocycles. The SMILES string of the molecule is O=C(c1ccnnc1)N1CCOC[C@@H](Cc2ccc3ccoc3c2)C1. The summed E-state index contributed by atoms with van der Waals surface area (Å²) < 4.78 is 11.2. The highest BCUT2D eigenvalue weighted by Gasteiger charge is 2.24. The molecule has 0 N–H and O–H groups in total. The van der Waals surface area contributed by atoms with Crippen LogP contribution in [0.3, 0.4) is 0 Å². The van der Waals surface area contributed by atoms with E-state index in [1.54, 1.807) is 12.3 Å². The number of carbonyl (C=O) groups is 1. The summed E-state index contributed by atoms with van der Waals surface area (Å²) in [7, 11) is 0. The molecule has 3 heterocycles. The Morgan fingerprint density at radius 3 is 3.08 bits per heavy atom. The number of fused-ring (bicyclic) bond motifs is 1. The Balaban J connectivity index is 1.48.